The van der Waals surface area contributed by atoms with Gasteiger partial charge in [-0.1, -0.05) is 42.5 Å². The fourth-order valence-electron chi connectivity index (χ4n) is 5.75. The summed E-state index contributed by atoms with van der Waals surface area (Å²) in [5.41, 5.74) is -6.14. The number of fused-ring (bicyclic) bond motifs is 2. The predicted molar refractivity (Wildman–Crippen MR) is 154 cm³/mol. The number of nitrogens with zero attached hydrogens (tertiary/aromatic N) is 1. The molecule has 1 heterocycles. The van der Waals surface area contributed by atoms with Gasteiger partial charge in [-0.05, 0) is 65.7 Å². The summed E-state index contributed by atoms with van der Waals surface area (Å²) in [7, 11) is 1.23. The first-order valence-electron chi connectivity index (χ1n) is 13.6. The number of aromatic nitrogens is 1. The zero-order valence-corrected chi connectivity index (χ0v) is 23.6. The third kappa shape index (κ3) is 4.81. The highest BCUT2D eigenvalue weighted by Crippen LogP contribution is 2.56. The number of ether oxygens (including phenoxy) is 2. The Balaban J connectivity index is 1.31. The van der Waals surface area contributed by atoms with Crippen molar-refractivity contribution in [2.45, 2.75) is 23.7 Å². The summed E-state index contributed by atoms with van der Waals surface area (Å²) in [6.45, 7) is 0. The minimum Gasteiger partial charge on any atom is -0.506 e. The summed E-state index contributed by atoms with van der Waals surface area (Å²) < 4.78 is 97.3. The molecule has 0 bridgehead atoms. The van der Waals surface area contributed by atoms with E-state index in [0.717, 1.165) is 24.3 Å². The van der Waals surface area contributed by atoms with Gasteiger partial charge in [-0.3, -0.25) is 9.59 Å². The number of alkyl halides is 6. The van der Waals surface area contributed by atoms with Gasteiger partial charge in [0.05, 0.1) is 12.6 Å². The number of ketones is 2. The molecule has 46 heavy (non-hydrogen) atoms. The maximum atomic E-state index is 14.5. The highest BCUT2D eigenvalue weighted by Gasteiger charge is 2.72. The number of rotatable bonds is 6. The number of hydrogen-bond donors (Lipinski definition) is 1. The molecule has 1 aliphatic rings. The Kier molecular flexibility index (Phi) is 7.26. The standard InChI is InChI=1S/C34H21F6NO5/c1-45-21-10-6-19(7-11-21)32(33(35,36)37,34(38,39)40)20-8-12-22(13-9-20)46-23-14-15-24-25(17-23)31(44)28(30(24)43)29-27(42)16-18-4-2-3-5-26(18)41-29/h2-17,28,42H,1H3. The number of carbonyl (C=O) groups excluding carboxylic acids is 2. The normalized spacial score (nSPS) is 15.2. The van der Waals surface area contributed by atoms with Gasteiger partial charge in [0.15, 0.2) is 11.6 Å². The van der Waals surface area contributed by atoms with Gasteiger partial charge in [0.2, 0.25) is 5.41 Å². The lowest BCUT2D eigenvalue weighted by molar-refractivity contribution is -0.288. The van der Waals surface area contributed by atoms with Crippen LogP contribution >= 0.6 is 0 Å². The third-order valence-corrected chi connectivity index (χ3v) is 7.95. The van der Waals surface area contributed by atoms with E-state index >= 15 is 0 Å². The predicted octanol–water partition coefficient (Wildman–Crippen LogP) is 8.31. The van der Waals surface area contributed by atoms with Crippen molar-refractivity contribution in [1.29, 1.82) is 0 Å². The van der Waals surface area contributed by atoms with Crippen LogP contribution in [0.3, 0.4) is 0 Å². The van der Waals surface area contributed by atoms with E-state index in [1.165, 1.54) is 31.4 Å². The largest absolute Gasteiger partial charge is 0.506 e. The van der Waals surface area contributed by atoms with E-state index in [9.17, 15) is 41.0 Å². The molecule has 6 nitrogen and oxygen atoms in total. The van der Waals surface area contributed by atoms with Crippen molar-refractivity contribution in [3.05, 3.63) is 125 Å². The number of methoxy groups -OCH3 is 1. The van der Waals surface area contributed by atoms with Crippen LogP contribution in [-0.4, -0.2) is 41.1 Å². The lowest BCUT2D eigenvalue weighted by atomic mass is 9.73. The van der Waals surface area contributed by atoms with Gasteiger partial charge < -0.3 is 14.6 Å². The Labute approximate surface area is 256 Å². The molecule has 0 saturated carbocycles. The van der Waals surface area contributed by atoms with Crippen molar-refractivity contribution in [2.24, 2.45) is 0 Å². The van der Waals surface area contributed by atoms with Crippen molar-refractivity contribution >= 4 is 22.5 Å². The molecule has 0 radical (unpaired) electrons. The minimum atomic E-state index is -5.78. The van der Waals surface area contributed by atoms with Gasteiger partial charge in [0.25, 0.3) is 0 Å². The Bertz CT molecular complexity index is 1970. The number of hydrogen-bond acceptors (Lipinski definition) is 6. The molecule has 0 saturated heterocycles. The molecule has 1 unspecified atom stereocenters. The molecule has 1 aromatic heterocycles. The van der Waals surface area contributed by atoms with E-state index in [-0.39, 0.29) is 39.8 Å². The molecular weight excluding hydrogens is 616 g/mol. The van der Waals surface area contributed by atoms with Crippen LogP contribution in [0.25, 0.3) is 10.9 Å². The van der Waals surface area contributed by atoms with Crippen molar-refractivity contribution < 1.29 is 50.5 Å². The van der Waals surface area contributed by atoms with Gasteiger partial charge in [-0.25, -0.2) is 4.98 Å². The zero-order valence-electron chi connectivity index (χ0n) is 23.6. The minimum absolute atomic E-state index is 0.00273. The smallest absolute Gasteiger partial charge is 0.411 e. The summed E-state index contributed by atoms with van der Waals surface area (Å²) in [6, 6.07) is 18.8. The molecule has 234 valence electrons. The summed E-state index contributed by atoms with van der Waals surface area (Å²) in [6.07, 6.45) is -11.6. The fraction of sp³-hybridized carbons (Fsp3) is 0.147. The van der Waals surface area contributed by atoms with E-state index in [1.54, 1.807) is 24.3 Å². The monoisotopic (exact) mass is 637 g/mol. The Morgan fingerprint density at radius 1 is 0.674 bits per heavy atom. The van der Waals surface area contributed by atoms with Crippen molar-refractivity contribution in [2.75, 3.05) is 7.11 Å². The van der Waals surface area contributed by atoms with Crippen molar-refractivity contribution in [3.63, 3.8) is 0 Å². The molecule has 0 amide bonds. The van der Waals surface area contributed by atoms with Crippen molar-refractivity contribution in [1.82, 2.24) is 4.98 Å². The Hall–Kier alpha value is -5.39. The van der Waals surface area contributed by atoms with E-state index in [1.807, 2.05) is 0 Å². The van der Waals surface area contributed by atoms with Gasteiger partial charge in [-0.15, -0.1) is 0 Å². The number of halogens is 6. The average molecular weight is 638 g/mol. The number of benzene rings is 4. The molecule has 1 aliphatic carbocycles. The zero-order chi connectivity index (χ0) is 33.0. The molecule has 5 aromatic rings. The molecule has 0 spiro atoms. The second kappa shape index (κ2) is 10.9. The van der Waals surface area contributed by atoms with Crippen LogP contribution in [0.2, 0.25) is 0 Å². The second-order valence-corrected chi connectivity index (χ2v) is 10.6. The van der Waals surface area contributed by atoms with E-state index in [0.29, 0.717) is 35.2 Å². The van der Waals surface area contributed by atoms with Gasteiger partial charge in [-0.2, -0.15) is 26.3 Å². The highest BCUT2D eigenvalue weighted by atomic mass is 19.4. The maximum absolute atomic E-state index is 14.5. The molecule has 6 rings (SSSR count). The van der Waals surface area contributed by atoms with Crippen LogP contribution in [0.15, 0.2) is 97.1 Å². The van der Waals surface area contributed by atoms with Crippen LogP contribution in [-0.2, 0) is 5.41 Å². The summed E-state index contributed by atoms with van der Waals surface area (Å²) >= 11 is 0. The maximum Gasteiger partial charge on any atom is 0.411 e. The van der Waals surface area contributed by atoms with E-state index < -0.39 is 46.4 Å². The third-order valence-electron chi connectivity index (χ3n) is 7.95. The van der Waals surface area contributed by atoms with E-state index in [4.69, 9.17) is 9.47 Å². The lowest BCUT2D eigenvalue weighted by Gasteiger charge is -2.38. The number of pyridine rings is 1. The fourth-order valence-corrected chi connectivity index (χ4v) is 5.75. The first-order chi connectivity index (χ1) is 21.8. The Morgan fingerprint density at radius 2 is 1.22 bits per heavy atom. The van der Waals surface area contributed by atoms with Gasteiger partial charge in [0.1, 0.15) is 34.6 Å². The summed E-state index contributed by atoms with van der Waals surface area (Å²) in [4.78, 5) is 30.9. The molecule has 0 fully saturated rings. The number of carbonyl (C=O) groups is 2. The number of para-hydroxylation sites is 1. The topological polar surface area (TPSA) is 85.7 Å². The SMILES string of the molecule is COc1ccc(C(c2ccc(Oc3ccc4c(c3)C(=O)C(c3nc5ccccc5cc3O)C4=O)cc2)(C(F)(F)F)C(F)(F)F)cc1. The van der Waals surface area contributed by atoms with Gasteiger partial charge >= 0.3 is 12.4 Å². The summed E-state index contributed by atoms with van der Waals surface area (Å²) in [5.74, 6) is -3.04. The lowest BCUT2D eigenvalue weighted by Crippen LogP contribution is -2.54. The van der Waals surface area contributed by atoms with Crippen LogP contribution in [0, 0.1) is 0 Å². The van der Waals surface area contributed by atoms with Crippen LogP contribution in [0.4, 0.5) is 26.3 Å². The quantitative estimate of drug-likeness (QED) is 0.149. The van der Waals surface area contributed by atoms with Crippen molar-refractivity contribution in [3.8, 4) is 23.0 Å². The van der Waals surface area contributed by atoms with Crippen LogP contribution < -0.4 is 9.47 Å². The number of Topliss-reactive ketones (excluding diaryl/α,β-unsaturated/α-hetero) is 2. The molecule has 4 aromatic carbocycles. The van der Waals surface area contributed by atoms with Gasteiger partial charge in [0, 0.05) is 16.5 Å². The number of aromatic hydroxyl groups is 1. The highest BCUT2D eigenvalue weighted by molar-refractivity contribution is 6.30. The second-order valence-electron chi connectivity index (χ2n) is 10.6. The molecular formula is C34H21F6NO5. The van der Waals surface area contributed by atoms with Crippen LogP contribution in [0.5, 0.6) is 23.0 Å². The first kappa shape index (κ1) is 30.6. The first-order valence-corrected chi connectivity index (χ1v) is 13.6. The summed E-state index contributed by atoms with van der Waals surface area (Å²) in [5, 5.41) is 11.2. The molecule has 12 heteroatoms. The Morgan fingerprint density at radius 3 is 1.80 bits per heavy atom. The average Bonchev–Trinajstić information content (AvgIpc) is 3.25. The van der Waals surface area contributed by atoms with Crippen LogP contribution in [0.1, 0.15) is 43.5 Å². The van der Waals surface area contributed by atoms with E-state index in [2.05, 4.69) is 4.98 Å². The molecule has 1 atom stereocenters. The molecule has 1 N–H and O–H groups in total. The molecule has 0 aliphatic heterocycles.